The van der Waals surface area contributed by atoms with E-state index in [1.54, 1.807) is 0 Å². The molecule has 17 heavy (non-hydrogen) atoms. The molecule has 2 N–H and O–H groups in total. The number of aromatic amines is 1. The Morgan fingerprint density at radius 3 is 2.88 bits per heavy atom. The standard InChI is InChI=1S/C9H9F3N4S/c10-9(11,12)5-13-4-7-14-8(16-15-7)6-2-1-3-17-6/h1-3,13H,4-5H2,(H,14,15,16). The molecule has 0 aliphatic rings. The third-order valence-electron chi connectivity index (χ3n) is 1.89. The van der Waals surface area contributed by atoms with Gasteiger partial charge in [0.25, 0.3) is 0 Å². The Bertz CT molecular complexity index is 463. The average Bonchev–Trinajstić information content (AvgIpc) is 2.83. The molecule has 2 aromatic rings. The third kappa shape index (κ3) is 3.53. The minimum atomic E-state index is -4.21. The number of nitrogens with zero attached hydrogens (tertiary/aromatic N) is 2. The topological polar surface area (TPSA) is 53.6 Å². The van der Waals surface area contributed by atoms with Crippen molar-refractivity contribution in [3.63, 3.8) is 0 Å². The maximum Gasteiger partial charge on any atom is 0.401 e. The Hall–Kier alpha value is -1.41. The van der Waals surface area contributed by atoms with E-state index >= 15 is 0 Å². The predicted octanol–water partition coefficient (Wildman–Crippen LogP) is 2.19. The van der Waals surface area contributed by atoms with Crippen LogP contribution in [0.1, 0.15) is 5.82 Å². The number of hydrogen-bond acceptors (Lipinski definition) is 4. The van der Waals surface area contributed by atoms with Crippen LogP contribution in [-0.2, 0) is 6.54 Å². The van der Waals surface area contributed by atoms with Crippen LogP contribution < -0.4 is 5.32 Å². The summed E-state index contributed by atoms with van der Waals surface area (Å²) in [7, 11) is 0. The van der Waals surface area contributed by atoms with Crippen molar-refractivity contribution in [2.24, 2.45) is 0 Å². The summed E-state index contributed by atoms with van der Waals surface area (Å²) in [6.07, 6.45) is -4.21. The van der Waals surface area contributed by atoms with Gasteiger partial charge in [-0.3, -0.25) is 5.10 Å². The van der Waals surface area contributed by atoms with Crippen molar-refractivity contribution in [1.82, 2.24) is 20.5 Å². The van der Waals surface area contributed by atoms with Crippen LogP contribution in [0.3, 0.4) is 0 Å². The maximum absolute atomic E-state index is 11.9. The molecule has 0 aromatic carbocycles. The molecular formula is C9H9F3N4S. The highest BCUT2D eigenvalue weighted by Crippen LogP contribution is 2.20. The fraction of sp³-hybridized carbons (Fsp3) is 0.333. The van der Waals surface area contributed by atoms with Crippen molar-refractivity contribution in [2.75, 3.05) is 6.54 Å². The normalized spacial score (nSPS) is 11.9. The molecular weight excluding hydrogens is 253 g/mol. The van der Waals surface area contributed by atoms with Gasteiger partial charge in [0.15, 0.2) is 5.82 Å². The number of thiophene rings is 1. The van der Waals surface area contributed by atoms with E-state index in [0.29, 0.717) is 11.6 Å². The molecule has 0 amide bonds. The minimum Gasteiger partial charge on any atom is -0.302 e. The van der Waals surface area contributed by atoms with Crippen LogP contribution in [0.5, 0.6) is 0 Å². The van der Waals surface area contributed by atoms with E-state index in [0.717, 1.165) is 4.88 Å². The zero-order valence-corrected chi connectivity index (χ0v) is 9.40. The fourth-order valence-corrected chi connectivity index (χ4v) is 1.87. The first-order valence-electron chi connectivity index (χ1n) is 4.77. The lowest BCUT2D eigenvalue weighted by molar-refractivity contribution is -0.125. The van der Waals surface area contributed by atoms with Gasteiger partial charge in [-0.2, -0.15) is 18.3 Å². The number of hydrogen-bond donors (Lipinski definition) is 2. The second-order valence-electron chi connectivity index (χ2n) is 3.30. The van der Waals surface area contributed by atoms with Crippen LogP contribution in [0.2, 0.25) is 0 Å². The van der Waals surface area contributed by atoms with Crippen molar-refractivity contribution >= 4 is 11.3 Å². The van der Waals surface area contributed by atoms with Crippen LogP contribution >= 0.6 is 11.3 Å². The first-order chi connectivity index (χ1) is 8.04. The van der Waals surface area contributed by atoms with Crippen molar-refractivity contribution in [2.45, 2.75) is 12.7 Å². The highest BCUT2D eigenvalue weighted by atomic mass is 32.1. The van der Waals surface area contributed by atoms with E-state index in [1.165, 1.54) is 11.3 Å². The second kappa shape index (κ2) is 4.84. The minimum absolute atomic E-state index is 0.0118. The molecule has 0 spiro atoms. The largest absolute Gasteiger partial charge is 0.401 e. The number of nitrogens with one attached hydrogen (secondary N) is 2. The Kier molecular flexibility index (Phi) is 3.43. The van der Waals surface area contributed by atoms with E-state index in [9.17, 15) is 13.2 Å². The summed E-state index contributed by atoms with van der Waals surface area (Å²) in [5.41, 5.74) is 0. The fourth-order valence-electron chi connectivity index (χ4n) is 1.21. The van der Waals surface area contributed by atoms with E-state index in [-0.39, 0.29) is 6.54 Å². The van der Waals surface area contributed by atoms with Gasteiger partial charge >= 0.3 is 6.18 Å². The van der Waals surface area contributed by atoms with E-state index in [1.807, 2.05) is 17.5 Å². The van der Waals surface area contributed by atoms with Gasteiger partial charge in [-0.1, -0.05) is 6.07 Å². The van der Waals surface area contributed by atoms with Crippen LogP contribution in [0.15, 0.2) is 17.5 Å². The lowest BCUT2D eigenvalue weighted by Crippen LogP contribution is -2.28. The summed E-state index contributed by atoms with van der Waals surface area (Å²) in [6.45, 7) is -1.03. The quantitative estimate of drug-likeness (QED) is 0.888. The summed E-state index contributed by atoms with van der Waals surface area (Å²) in [4.78, 5) is 4.96. The van der Waals surface area contributed by atoms with Crippen molar-refractivity contribution in [3.8, 4) is 10.7 Å². The summed E-state index contributed by atoms with van der Waals surface area (Å²) in [5, 5.41) is 10.6. The van der Waals surface area contributed by atoms with Gasteiger partial charge in [-0.05, 0) is 11.4 Å². The molecule has 0 atom stereocenters. The SMILES string of the molecule is FC(F)(F)CNCc1nc(-c2cccs2)n[nH]1. The highest BCUT2D eigenvalue weighted by molar-refractivity contribution is 7.13. The summed E-state index contributed by atoms with van der Waals surface area (Å²) >= 11 is 1.47. The van der Waals surface area contributed by atoms with E-state index < -0.39 is 12.7 Å². The Balaban J connectivity index is 1.91. The number of aromatic nitrogens is 3. The average molecular weight is 262 g/mol. The maximum atomic E-state index is 11.9. The van der Waals surface area contributed by atoms with Gasteiger partial charge in [-0.15, -0.1) is 11.3 Å². The highest BCUT2D eigenvalue weighted by Gasteiger charge is 2.26. The molecule has 0 saturated heterocycles. The van der Waals surface area contributed by atoms with Crippen LogP contribution in [0, 0.1) is 0 Å². The van der Waals surface area contributed by atoms with Crippen molar-refractivity contribution < 1.29 is 13.2 Å². The monoisotopic (exact) mass is 262 g/mol. The number of alkyl halides is 3. The first kappa shape index (κ1) is 12.1. The molecule has 0 aliphatic carbocycles. The van der Waals surface area contributed by atoms with Crippen molar-refractivity contribution in [1.29, 1.82) is 0 Å². The van der Waals surface area contributed by atoms with Gasteiger partial charge in [0.1, 0.15) is 5.82 Å². The molecule has 92 valence electrons. The van der Waals surface area contributed by atoms with Gasteiger partial charge in [0, 0.05) is 0 Å². The second-order valence-corrected chi connectivity index (χ2v) is 4.25. The smallest absolute Gasteiger partial charge is 0.302 e. The molecule has 0 saturated carbocycles. The summed E-state index contributed by atoms with van der Waals surface area (Å²) in [6, 6.07) is 3.71. The van der Waals surface area contributed by atoms with Crippen LogP contribution in [0.25, 0.3) is 10.7 Å². The lowest BCUT2D eigenvalue weighted by Gasteiger charge is -2.05. The molecule has 2 rings (SSSR count). The molecule has 0 bridgehead atoms. The number of rotatable bonds is 4. The van der Waals surface area contributed by atoms with Gasteiger partial charge in [0.05, 0.1) is 18.0 Å². The Morgan fingerprint density at radius 2 is 2.24 bits per heavy atom. The van der Waals surface area contributed by atoms with Gasteiger partial charge in [0.2, 0.25) is 0 Å². The Morgan fingerprint density at radius 1 is 1.41 bits per heavy atom. The summed E-state index contributed by atoms with van der Waals surface area (Å²) < 4.78 is 35.6. The zero-order valence-electron chi connectivity index (χ0n) is 8.58. The zero-order chi connectivity index (χ0) is 12.3. The molecule has 0 radical (unpaired) electrons. The van der Waals surface area contributed by atoms with E-state index in [4.69, 9.17) is 0 Å². The molecule has 2 heterocycles. The van der Waals surface area contributed by atoms with Gasteiger partial charge in [-0.25, -0.2) is 4.98 Å². The van der Waals surface area contributed by atoms with E-state index in [2.05, 4.69) is 20.5 Å². The predicted molar refractivity (Wildman–Crippen MR) is 57.5 cm³/mol. The Labute approximate surface area is 98.9 Å². The third-order valence-corrected chi connectivity index (χ3v) is 2.76. The molecule has 0 unspecified atom stereocenters. The molecule has 0 aliphatic heterocycles. The molecule has 2 aromatic heterocycles. The molecule has 8 heteroatoms. The molecule has 4 nitrogen and oxygen atoms in total. The molecule has 0 fully saturated rings. The lowest BCUT2D eigenvalue weighted by atomic mass is 10.4. The van der Waals surface area contributed by atoms with Crippen molar-refractivity contribution in [3.05, 3.63) is 23.3 Å². The number of halogens is 3. The first-order valence-corrected chi connectivity index (χ1v) is 5.65. The van der Waals surface area contributed by atoms with Crippen LogP contribution in [-0.4, -0.2) is 27.9 Å². The summed E-state index contributed by atoms with van der Waals surface area (Å²) in [5.74, 6) is 0.890. The number of H-pyrrole nitrogens is 1. The van der Waals surface area contributed by atoms with Gasteiger partial charge < -0.3 is 5.32 Å². The van der Waals surface area contributed by atoms with Crippen LogP contribution in [0.4, 0.5) is 13.2 Å².